The van der Waals surface area contributed by atoms with Crippen molar-refractivity contribution in [3.63, 3.8) is 0 Å². The summed E-state index contributed by atoms with van der Waals surface area (Å²) in [5, 5.41) is 13.4. The SMILES string of the molecule is Nc1nc(Cl)cc(-c2nn(C(F)F)cc2Cc2ccccc2OCCN2CCO[C@H](CO)C2)n1. The van der Waals surface area contributed by atoms with Crippen LogP contribution in [0.25, 0.3) is 11.4 Å². The van der Waals surface area contributed by atoms with Gasteiger partial charge in [-0.1, -0.05) is 29.8 Å². The van der Waals surface area contributed by atoms with Crippen LogP contribution in [0.1, 0.15) is 17.7 Å². The van der Waals surface area contributed by atoms with Crippen LogP contribution in [0.15, 0.2) is 36.5 Å². The fourth-order valence-corrected chi connectivity index (χ4v) is 4.00. The van der Waals surface area contributed by atoms with E-state index in [1.54, 1.807) is 0 Å². The van der Waals surface area contributed by atoms with Crippen molar-refractivity contribution in [3.8, 4) is 17.1 Å². The van der Waals surface area contributed by atoms with Crippen molar-refractivity contribution in [2.24, 2.45) is 0 Å². The first-order valence-electron chi connectivity index (χ1n) is 10.7. The van der Waals surface area contributed by atoms with Crippen molar-refractivity contribution in [1.29, 1.82) is 0 Å². The number of nitrogens with zero attached hydrogens (tertiary/aromatic N) is 5. The lowest BCUT2D eigenvalue weighted by molar-refractivity contribution is -0.0547. The van der Waals surface area contributed by atoms with Crippen LogP contribution >= 0.6 is 11.6 Å². The number of morpholine rings is 1. The van der Waals surface area contributed by atoms with Gasteiger partial charge in [0.1, 0.15) is 23.2 Å². The van der Waals surface area contributed by atoms with Crippen molar-refractivity contribution < 1.29 is 23.4 Å². The number of anilines is 1. The third-order valence-electron chi connectivity index (χ3n) is 5.41. The van der Waals surface area contributed by atoms with Gasteiger partial charge in [-0.3, -0.25) is 4.90 Å². The van der Waals surface area contributed by atoms with E-state index in [9.17, 15) is 13.9 Å². The van der Waals surface area contributed by atoms with Crippen molar-refractivity contribution >= 4 is 17.5 Å². The molecule has 1 saturated heterocycles. The van der Waals surface area contributed by atoms with E-state index in [0.717, 1.165) is 12.1 Å². The molecule has 0 unspecified atom stereocenters. The zero-order valence-corrected chi connectivity index (χ0v) is 19.0. The largest absolute Gasteiger partial charge is 0.492 e. The van der Waals surface area contributed by atoms with Crippen LogP contribution in [0.2, 0.25) is 5.15 Å². The molecular weight excluding hydrogens is 470 g/mol. The molecule has 3 aromatic rings. The van der Waals surface area contributed by atoms with E-state index in [4.69, 9.17) is 26.8 Å². The number of nitrogen functional groups attached to an aromatic ring is 1. The van der Waals surface area contributed by atoms with E-state index >= 15 is 0 Å². The summed E-state index contributed by atoms with van der Waals surface area (Å²) >= 11 is 5.99. The second-order valence-electron chi connectivity index (χ2n) is 7.80. The molecule has 0 saturated carbocycles. The van der Waals surface area contributed by atoms with Crippen molar-refractivity contribution in [2.75, 3.05) is 45.2 Å². The standard InChI is InChI=1S/C22H25ClF2N6O3/c23-19-10-17(27-22(26)28-19)20-15(11-31(29-20)21(24)25)9-14-3-1-2-4-18(14)34-8-6-30-5-7-33-16(12-30)13-32/h1-4,10-11,16,21,32H,5-9,12-13H2,(H2,26,27,28)/t16-/m0/s1. The van der Waals surface area contributed by atoms with Crippen LogP contribution in [0.3, 0.4) is 0 Å². The molecule has 1 aliphatic heterocycles. The number of aliphatic hydroxyl groups is 1. The number of nitrogens with two attached hydrogens (primary N) is 1. The van der Waals surface area contributed by atoms with Gasteiger partial charge in [0, 0.05) is 43.9 Å². The highest BCUT2D eigenvalue weighted by Gasteiger charge is 2.21. The minimum absolute atomic E-state index is 0.0159. The molecule has 1 fully saturated rings. The van der Waals surface area contributed by atoms with Crippen LogP contribution < -0.4 is 10.5 Å². The normalized spacial score (nSPS) is 16.8. The minimum Gasteiger partial charge on any atom is -0.492 e. The molecule has 1 atom stereocenters. The van der Waals surface area contributed by atoms with Gasteiger partial charge in [0.15, 0.2) is 0 Å². The van der Waals surface area contributed by atoms with E-state index in [2.05, 4.69) is 20.0 Å². The van der Waals surface area contributed by atoms with Crippen LogP contribution in [0.4, 0.5) is 14.7 Å². The summed E-state index contributed by atoms with van der Waals surface area (Å²) in [5.74, 6) is 0.570. The number of aromatic nitrogens is 4. The number of halogens is 3. The van der Waals surface area contributed by atoms with Gasteiger partial charge in [-0.15, -0.1) is 0 Å². The molecule has 34 heavy (non-hydrogen) atoms. The van der Waals surface area contributed by atoms with E-state index < -0.39 is 6.55 Å². The molecule has 0 aliphatic carbocycles. The molecule has 4 rings (SSSR count). The van der Waals surface area contributed by atoms with Crippen molar-refractivity contribution in [1.82, 2.24) is 24.6 Å². The van der Waals surface area contributed by atoms with Crippen LogP contribution in [0, 0.1) is 0 Å². The van der Waals surface area contributed by atoms with Crippen LogP contribution in [-0.2, 0) is 11.2 Å². The molecule has 2 aromatic heterocycles. The van der Waals surface area contributed by atoms with Crippen molar-refractivity contribution in [2.45, 2.75) is 19.1 Å². The summed E-state index contributed by atoms with van der Waals surface area (Å²) < 4.78 is 38.9. The zero-order chi connectivity index (χ0) is 24.1. The lowest BCUT2D eigenvalue weighted by atomic mass is 10.0. The fourth-order valence-electron chi connectivity index (χ4n) is 3.81. The number of hydrogen-bond donors (Lipinski definition) is 2. The number of para-hydroxylation sites is 1. The average Bonchev–Trinajstić information content (AvgIpc) is 3.24. The van der Waals surface area contributed by atoms with Gasteiger partial charge in [0.2, 0.25) is 5.95 Å². The maximum atomic E-state index is 13.4. The summed E-state index contributed by atoms with van der Waals surface area (Å²) in [7, 11) is 0. The van der Waals surface area contributed by atoms with E-state index in [1.807, 2.05) is 24.3 Å². The highest BCUT2D eigenvalue weighted by molar-refractivity contribution is 6.29. The van der Waals surface area contributed by atoms with E-state index in [0.29, 0.717) is 42.3 Å². The summed E-state index contributed by atoms with van der Waals surface area (Å²) in [5.41, 5.74) is 7.52. The summed E-state index contributed by atoms with van der Waals surface area (Å²) in [6.07, 6.45) is 1.38. The quantitative estimate of drug-likeness (QED) is 0.437. The number of ether oxygens (including phenoxy) is 2. The highest BCUT2D eigenvalue weighted by Crippen LogP contribution is 2.29. The Labute approximate surface area is 200 Å². The summed E-state index contributed by atoms with van der Waals surface area (Å²) in [4.78, 5) is 10.1. The Balaban J connectivity index is 1.52. The molecule has 1 aliphatic rings. The number of hydrogen-bond acceptors (Lipinski definition) is 8. The summed E-state index contributed by atoms with van der Waals surface area (Å²) in [6.45, 7) is 0.237. The van der Waals surface area contributed by atoms with E-state index in [-0.39, 0.29) is 41.6 Å². The van der Waals surface area contributed by atoms with Gasteiger partial charge < -0.3 is 20.3 Å². The number of alkyl halides is 2. The molecular formula is C22H25ClF2N6O3. The molecule has 3 N–H and O–H groups in total. The van der Waals surface area contributed by atoms with Gasteiger partial charge in [-0.2, -0.15) is 13.9 Å². The first-order chi connectivity index (χ1) is 16.4. The molecule has 9 nitrogen and oxygen atoms in total. The average molecular weight is 495 g/mol. The number of rotatable bonds is 9. The van der Waals surface area contributed by atoms with Gasteiger partial charge in [0.05, 0.1) is 25.0 Å². The van der Waals surface area contributed by atoms with Gasteiger partial charge in [0.25, 0.3) is 0 Å². The Bertz CT molecular complexity index is 1100. The van der Waals surface area contributed by atoms with Gasteiger partial charge >= 0.3 is 6.55 Å². The number of benzene rings is 1. The smallest absolute Gasteiger partial charge is 0.333 e. The molecule has 182 valence electrons. The Morgan fingerprint density at radius 3 is 2.85 bits per heavy atom. The lowest BCUT2D eigenvalue weighted by Gasteiger charge is -2.31. The van der Waals surface area contributed by atoms with Crippen LogP contribution in [-0.4, -0.2) is 75.3 Å². The lowest BCUT2D eigenvalue weighted by Crippen LogP contribution is -2.45. The minimum atomic E-state index is -2.81. The molecule has 0 radical (unpaired) electrons. The Morgan fingerprint density at radius 1 is 1.26 bits per heavy atom. The second-order valence-corrected chi connectivity index (χ2v) is 8.19. The number of aliphatic hydroxyl groups excluding tert-OH is 1. The van der Waals surface area contributed by atoms with Gasteiger partial charge in [-0.25, -0.2) is 14.6 Å². The Morgan fingerprint density at radius 2 is 2.09 bits per heavy atom. The Hall–Kier alpha value is -2.86. The second kappa shape index (κ2) is 11.0. The van der Waals surface area contributed by atoms with E-state index in [1.165, 1.54) is 12.3 Å². The zero-order valence-electron chi connectivity index (χ0n) is 18.3. The third kappa shape index (κ3) is 5.98. The van der Waals surface area contributed by atoms with Crippen LogP contribution in [0.5, 0.6) is 5.75 Å². The maximum Gasteiger partial charge on any atom is 0.333 e. The Kier molecular flexibility index (Phi) is 7.88. The maximum absolute atomic E-state index is 13.4. The van der Waals surface area contributed by atoms with Crippen molar-refractivity contribution in [3.05, 3.63) is 52.8 Å². The molecule has 12 heteroatoms. The van der Waals surface area contributed by atoms with Gasteiger partial charge in [-0.05, 0) is 11.6 Å². The first-order valence-corrected chi connectivity index (χ1v) is 11.1. The summed E-state index contributed by atoms with van der Waals surface area (Å²) in [6, 6.07) is 8.85. The molecule has 0 amide bonds. The third-order valence-corrected chi connectivity index (χ3v) is 5.60. The highest BCUT2D eigenvalue weighted by atomic mass is 35.5. The topological polar surface area (TPSA) is 112 Å². The first kappa shape index (κ1) is 24.3. The fraction of sp³-hybridized carbons (Fsp3) is 0.409. The monoisotopic (exact) mass is 494 g/mol. The predicted octanol–water partition coefficient (Wildman–Crippen LogP) is 2.63. The molecule has 0 spiro atoms. The molecule has 3 heterocycles. The predicted molar refractivity (Wildman–Crippen MR) is 122 cm³/mol. The molecule has 1 aromatic carbocycles. The molecule has 0 bridgehead atoms.